The van der Waals surface area contributed by atoms with Gasteiger partial charge in [-0.3, -0.25) is 14.8 Å². The summed E-state index contributed by atoms with van der Waals surface area (Å²) < 4.78 is 0. The van der Waals surface area contributed by atoms with E-state index in [9.17, 15) is 0 Å². The van der Waals surface area contributed by atoms with Gasteiger partial charge in [-0.25, -0.2) is 0 Å². The smallest absolute Gasteiger partial charge is 0.191 e. The van der Waals surface area contributed by atoms with Crippen molar-refractivity contribution in [3.05, 3.63) is 22.4 Å². The maximum Gasteiger partial charge on any atom is 0.191 e. The molecule has 24 heavy (non-hydrogen) atoms. The lowest BCUT2D eigenvalue weighted by molar-refractivity contribution is 0.0154. The highest BCUT2D eigenvalue weighted by molar-refractivity contribution is 14.0. The number of guanidine groups is 1. The largest absolute Gasteiger partial charge is 0.357 e. The van der Waals surface area contributed by atoms with E-state index >= 15 is 0 Å². The molecular formula is C17H30IN5S. The number of aliphatic imine (C=N–C) groups is 1. The predicted octanol–water partition coefficient (Wildman–Crippen LogP) is 2.02. The lowest BCUT2D eigenvalue weighted by Crippen LogP contribution is -2.63. The molecule has 1 aromatic heterocycles. The molecule has 0 aliphatic carbocycles. The molecule has 1 aromatic rings. The summed E-state index contributed by atoms with van der Waals surface area (Å²) in [7, 11) is 0. The molecule has 3 fully saturated rings. The Kier molecular flexibility index (Phi) is 8.25. The average Bonchev–Trinajstić information content (AvgIpc) is 3.13. The fourth-order valence-electron chi connectivity index (χ4n) is 3.36. The van der Waals surface area contributed by atoms with Crippen molar-refractivity contribution in [1.82, 2.24) is 20.4 Å². The van der Waals surface area contributed by atoms with Crippen LogP contribution in [-0.2, 0) is 0 Å². The molecule has 0 spiro atoms. The summed E-state index contributed by atoms with van der Waals surface area (Å²) >= 11 is 1.76. The molecule has 4 rings (SSSR count). The highest BCUT2D eigenvalue weighted by atomic mass is 127. The second-order valence-corrected chi connectivity index (χ2v) is 7.33. The molecule has 136 valence electrons. The van der Waals surface area contributed by atoms with Crippen LogP contribution in [0.25, 0.3) is 0 Å². The van der Waals surface area contributed by atoms with Crippen molar-refractivity contribution in [2.45, 2.75) is 25.8 Å². The molecule has 3 aliphatic heterocycles. The van der Waals surface area contributed by atoms with Gasteiger partial charge in [-0.1, -0.05) is 6.92 Å². The second kappa shape index (κ2) is 9.94. The van der Waals surface area contributed by atoms with Crippen molar-refractivity contribution >= 4 is 41.3 Å². The molecule has 0 radical (unpaired) electrons. The van der Waals surface area contributed by atoms with Crippen molar-refractivity contribution < 1.29 is 0 Å². The van der Waals surface area contributed by atoms with Gasteiger partial charge in [-0.05, 0) is 29.3 Å². The number of thiophene rings is 1. The zero-order chi connectivity index (χ0) is 16.1. The maximum absolute atomic E-state index is 4.78. The van der Waals surface area contributed by atoms with Crippen LogP contribution < -0.4 is 10.6 Å². The molecule has 2 unspecified atom stereocenters. The molecule has 0 saturated carbocycles. The van der Waals surface area contributed by atoms with Crippen LogP contribution in [-0.4, -0.2) is 74.2 Å². The highest BCUT2D eigenvalue weighted by Crippen LogP contribution is 2.18. The van der Waals surface area contributed by atoms with Crippen LogP contribution in [0.2, 0.25) is 0 Å². The van der Waals surface area contributed by atoms with E-state index in [0.717, 1.165) is 25.6 Å². The molecule has 7 heteroatoms. The Morgan fingerprint density at radius 2 is 2.12 bits per heavy atom. The molecular weight excluding hydrogens is 433 g/mol. The summed E-state index contributed by atoms with van der Waals surface area (Å²) in [6.45, 7) is 13.2. The number of rotatable bonds is 6. The molecule has 0 amide bonds. The highest BCUT2D eigenvalue weighted by Gasteiger charge is 2.31. The van der Waals surface area contributed by atoms with Gasteiger partial charge in [0.05, 0.1) is 0 Å². The molecule has 3 saturated heterocycles. The van der Waals surface area contributed by atoms with E-state index in [4.69, 9.17) is 4.99 Å². The zero-order valence-corrected chi connectivity index (χ0v) is 17.8. The van der Waals surface area contributed by atoms with E-state index in [0.29, 0.717) is 12.0 Å². The first kappa shape index (κ1) is 19.9. The summed E-state index contributed by atoms with van der Waals surface area (Å²) in [6.07, 6.45) is 0. The van der Waals surface area contributed by atoms with Gasteiger partial charge in [-0.15, -0.1) is 24.0 Å². The Hall–Kier alpha value is -0.380. The number of nitrogens with one attached hydrogen (secondary N) is 2. The Balaban J connectivity index is 0.00000208. The summed E-state index contributed by atoms with van der Waals surface area (Å²) in [5.41, 5.74) is 1.39. The summed E-state index contributed by atoms with van der Waals surface area (Å²) in [5, 5.41) is 11.3. The fraction of sp³-hybridized carbons (Fsp3) is 0.706. The Bertz CT molecular complexity index is 499. The van der Waals surface area contributed by atoms with Crippen LogP contribution in [0.15, 0.2) is 21.8 Å². The van der Waals surface area contributed by atoms with Crippen molar-refractivity contribution in [2.24, 2.45) is 4.99 Å². The minimum Gasteiger partial charge on any atom is -0.357 e. The first-order valence-corrected chi connectivity index (χ1v) is 9.71. The van der Waals surface area contributed by atoms with Gasteiger partial charge in [0.1, 0.15) is 0 Å². The van der Waals surface area contributed by atoms with Crippen LogP contribution >= 0.6 is 35.3 Å². The standard InChI is InChI=1S/C17H29N5S.HI/c1-3-18-17(19-10-14(2)15-4-9-23-13-15)20-11-16-12-21-5-7-22(16)8-6-21;/h4,9,13-14,16H,3,5-8,10-12H2,1-2H3,(H2,18,19,20);1H. The average molecular weight is 463 g/mol. The third kappa shape index (κ3) is 5.31. The van der Waals surface area contributed by atoms with Crippen molar-refractivity contribution in [1.29, 1.82) is 0 Å². The SMILES string of the molecule is CCNC(=NCC(C)c1ccsc1)NCC1CN2CCN1CC2.I. The number of hydrogen-bond acceptors (Lipinski definition) is 4. The van der Waals surface area contributed by atoms with Crippen molar-refractivity contribution in [3.8, 4) is 0 Å². The molecule has 2 atom stereocenters. The van der Waals surface area contributed by atoms with Crippen LogP contribution in [0.3, 0.4) is 0 Å². The lowest BCUT2D eigenvalue weighted by atomic mass is 10.1. The minimum absolute atomic E-state index is 0. The first-order valence-electron chi connectivity index (χ1n) is 8.77. The second-order valence-electron chi connectivity index (χ2n) is 6.55. The normalized spacial score (nSPS) is 27.4. The van der Waals surface area contributed by atoms with Gasteiger partial charge >= 0.3 is 0 Å². The van der Waals surface area contributed by atoms with Crippen LogP contribution in [0.1, 0.15) is 25.3 Å². The molecule has 2 N–H and O–H groups in total. The number of hydrogen-bond donors (Lipinski definition) is 2. The van der Waals surface area contributed by atoms with Gasteiger partial charge in [0, 0.05) is 64.3 Å². The van der Waals surface area contributed by atoms with E-state index in [-0.39, 0.29) is 24.0 Å². The van der Waals surface area contributed by atoms with E-state index in [2.05, 4.69) is 51.1 Å². The molecule has 4 heterocycles. The quantitative estimate of drug-likeness (QED) is 0.385. The third-order valence-electron chi connectivity index (χ3n) is 4.88. The number of nitrogens with zero attached hydrogens (tertiary/aromatic N) is 3. The van der Waals surface area contributed by atoms with E-state index in [1.807, 2.05) is 0 Å². The van der Waals surface area contributed by atoms with Gasteiger partial charge in [0.2, 0.25) is 0 Å². The Morgan fingerprint density at radius 3 is 2.71 bits per heavy atom. The lowest BCUT2D eigenvalue weighted by Gasteiger charge is -2.47. The predicted molar refractivity (Wildman–Crippen MR) is 114 cm³/mol. The number of fused-ring (bicyclic) bond motifs is 3. The monoisotopic (exact) mass is 463 g/mol. The van der Waals surface area contributed by atoms with Gasteiger partial charge in [-0.2, -0.15) is 11.3 Å². The maximum atomic E-state index is 4.78. The van der Waals surface area contributed by atoms with E-state index in [1.54, 1.807) is 11.3 Å². The van der Waals surface area contributed by atoms with Gasteiger partial charge in [0.25, 0.3) is 0 Å². The fourth-order valence-corrected chi connectivity index (χ4v) is 4.15. The Labute approximate surface area is 166 Å². The van der Waals surface area contributed by atoms with Crippen LogP contribution in [0.4, 0.5) is 0 Å². The number of halogens is 1. The summed E-state index contributed by atoms with van der Waals surface area (Å²) in [4.78, 5) is 9.98. The third-order valence-corrected chi connectivity index (χ3v) is 5.58. The Morgan fingerprint density at radius 1 is 1.33 bits per heavy atom. The van der Waals surface area contributed by atoms with E-state index in [1.165, 1.54) is 38.3 Å². The molecule has 2 bridgehead atoms. The summed E-state index contributed by atoms with van der Waals surface area (Å²) in [5.74, 6) is 1.42. The first-order chi connectivity index (χ1) is 11.3. The van der Waals surface area contributed by atoms with E-state index < -0.39 is 0 Å². The molecule has 3 aliphatic rings. The van der Waals surface area contributed by atoms with Crippen molar-refractivity contribution in [3.63, 3.8) is 0 Å². The minimum atomic E-state index is 0. The van der Waals surface area contributed by atoms with Crippen LogP contribution in [0, 0.1) is 0 Å². The summed E-state index contributed by atoms with van der Waals surface area (Å²) in [6, 6.07) is 2.82. The number of piperazine rings is 3. The van der Waals surface area contributed by atoms with Gasteiger partial charge in [0.15, 0.2) is 5.96 Å². The van der Waals surface area contributed by atoms with Gasteiger partial charge < -0.3 is 10.6 Å². The van der Waals surface area contributed by atoms with Crippen LogP contribution in [0.5, 0.6) is 0 Å². The topological polar surface area (TPSA) is 42.9 Å². The molecule has 5 nitrogen and oxygen atoms in total. The van der Waals surface area contributed by atoms with Crippen molar-refractivity contribution in [2.75, 3.05) is 52.4 Å². The molecule has 0 aromatic carbocycles. The zero-order valence-electron chi connectivity index (χ0n) is 14.7.